The molecule has 1 fully saturated rings. The van der Waals surface area contributed by atoms with Crippen LogP contribution in [-0.2, 0) is 9.84 Å². The number of nitrogens with two attached hydrogens (primary N) is 1. The van der Waals surface area contributed by atoms with Crippen LogP contribution in [0.15, 0.2) is 18.2 Å². The van der Waals surface area contributed by atoms with Crippen molar-refractivity contribution in [2.45, 2.75) is 5.37 Å². The van der Waals surface area contributed by atoms with Gasteiger partial charge in [0.05, 0.1) is 10.7 Å². The van der Waals surface area contributed by atoms with Gasteiger partial charge in [0.2, 0.25) is 0 Å². The van der Waals surface area contributed by atoms with Gasteiger partial charge in [-0.3, -0.25) is 0 Å². The summed E-state index contributed by atoms with van der Waals surface area (Å²) in [5.74, 6) is 1.46. The van der Waals surface area contributed by atoms with Gasteiger partial charge in [-0.05, 0) is 18.2 Å². The molecule has 1 aromatic carbocycles. The molecule has 2 rings (SSSR count). The molecule has 1 aromatic rings. The molecule has 0 radical (unpaired) electrons. The number of benzene rings is 1. The zero-order valence-corrected chi connectivity index (χ0v) is 12.4. The van der Waals surface area contributed by atoms with E-state index < -0.39 is 15.2 Å². The van der Waals surface area contributed by atoms with Crippen molar-refractivity contribution >= 4 is 44.6 Å². The molecule has 2 N–H and O–H groups in total. The van der Waals surface area contributed by atoms with Crippen molar-refractivity contribution in [2.24, 2.45) is 0 Å². The summed E-state index contributed by atoms with van der Waals surface area (Å²) in [6.45, 7) is 0.673. The van der Waals surface area contributed by atoms with E-state index in [1.807, 2.05) is 4.90 Å². The maximum atomic E-state index is 11.8. The van der Waals surface area contributed by atoms with E-state index in [0.717, 1.165) is 11.4 Å². The average Bonchev–Trinajstić information content (AvgIpc) is 2.28. The number of rotatable bonds is 2. The Kier molecular flexibility index (Phi) is 3.99. The second kappa shape index (κ2) is 5.19. The lowest BCUT2D eigenvalue weighted by molar-refractivity contribution is 0.584. The molecule has 1 unspecified atom stereocenters. The van der Waals surface area contributed by atoms with Crippen LogP contribution in [0.3, 0.4) is 0 Å². The summed E-state index contributed by atoms with van der Waals surface area (Å²) in [6.07, 6.45) is 1.27. The highest BCUT2D eigenvalue weighted by molar-refractivity contribution is 8.01. The minimum atomic E-state index is -3.13. The normalized spacial score (nSPS) is 21.0. The van der Waals surface area contributed by atoms with Gasteiger partial charge in [-0.15, -0.1) is 0 Å². The maximum absolute atomic E-state index is 11.8. The molecule has 100 valence electrons. The molecule has 1 heterocycles. The van der Waals surface area contributed by atoms with E-state index in [0.29, 0.717) is 23.0 Å². The molecule has 0 aliphatic carbocycles. The maximum Gasteiger partial charge on any atom is 0.169 e. The zero-order chi connectivity index (χ0) is 13.3. The van der Waals surface area contributed by atoms with Gasteiger partial charge in [0.25, 0.3) is 0 Å². The number of thioether (sulfide) groups is 1. The first-order valence-corrected chi connectivity index (χ1v) is 8.96. The van der Waals surface area contributed by atoms with Crippen LogP contribution in [0.25, 0.3) is 0 Å². The number of sulfone groups is 1. The Labute approximate surface area is 116 Å². The molecule has 7 heteroatoms. The number of anilines is 2. The van der Waals surface area contributed by atoms with Gasteiger partial charge in [0.1, 0.15) is 5.37 Å². The highest BCUT2D eigenvalue weighted by Crippen LogP contribution is 2.33. The Bertz CT molecular complexity index is 548. The second-order valence-corrected chi connectivity index (χ2v) is 8.02. The van der Waals surface area contributed by atoms with E-state index >= 15 is 0 Å². The van der Waals surface area contributed by atoms with Gasteiger partial charge in [0.15, 0.2) is 9.84 Å². The number of nitrogen functional groups attached to an aromatic ring is 1. The summed E-state index contributed by atoms with van der Waals surface area (Å²) in [7, 11) is -3.13. The SMILES string of the molecule is CS(=O)(=O)C1CSCCN1c1ccc(N)cc1Cl. The fourth-order valence-corrected chi connectivity index (χ4v) is 5.10. The van der Waals surface area contributed by atoms with E-state index in [9.17, 15) is 8.42 Å². The second-order valence-electron chi connectivity index (χ2n) is 4.26. The molecule has 4 nitrogen and oxygen atoms in total. The lowest BCUT2D eigenvalue weighted by Crippen LogP contribution is -2.47. The summed E-state index contributed by atoms with van der Waals surface area (Å²) in [5, 5.41) is -0.0204. The lowest BCUT2D eigenvalue weighted by Gasteiger charge is -2.36. The number of halogens is 1. The fourth-order valence-electron chi connectivity index (χ4n) is 1.97. The van der Waals surface area contributed by atoms with Gasteiger partial charge in [-0.1, -0.05) is 11.6 Å². The third kappa shape index (κ3) is 2.87. The van der Waals surface area contributed by atoms with E-state index in [-0.39, 0.29) is 0 Å². The Hall–Kier alpha value is -0.590. The predicted molar refractivity (Wildman–Crippen MR) is 79.2 cm³/mol. The monoisotopic (exact) mass is 306 g/mol. The third-order valence-electron chi connectivity index (χ3n) is 2.86. The van der Waals surface area contributed by atoms with Crippen molar-refractivity contribution in [1.82, 2.24) is 0 Å². The molecule has 1 saturated heterocycles. The highest BCUT2D eigenvalue weighted by Gasteiger charge is 2.32. The number of nitrogens with zero attached hydrogens (tertiary/aromatic N) is 1. The zero-order valence-electron chi connectivity index (χ0n) is 9.97. The largest absolute Gasteiger partial charge is 0.399 e. The summed E-state index contributed by atoms with van der Waals surface area (Å²) in [4.78, 5) is 1.85. The molecule has 18 heavy (non-hydrogen) atoms. The lowest BCUT2D eigenvalue weighted by atomic mass is 10.2. The minimum absolute atomic E-state index is 0.496. The predicted octanol–water partition coefficient (Wildman–Crippen LogP) is 1.85. The smallest absolute Gasteiger partial charge is 0.169 e. The summed E-state index contributed by atoms with van der Waals surface area (Å²) in [6, 6.07) is 5.17. The average molecular weight is 307 g/mol. The number of hydrogen-bond donors (Lipinski definition) is 1. The van der Waals surface area contributed by atoms with Gasteiger partial charge in [-0.2, -0.15) is 11.8 Å². The van der Waals surface area contributed by atoms with Crippen LogP contribution in [0.2, 0.25) is 5.02 Å². The quantitative estimate of drug-likeness (QED) is 0.845. The van der Waals surface area contributed by atoms with Crippen molar-refractivity contribution in [3.63, 3.8) is 0 Å². The van der Waals surface area contributed by atoms with Crippen molar-refractivity contribution in [3.05, 3.63) is 23.2 Å². The Morgan fingerprint density at radius 2 is 2.22 bits per heavy atom. The van der Waals surface area contributed by atoms with Crippen LogP contribution in [0, 0.1) is 0 Å². The Morgan fingerprint density at radius 3 is 2.83 bits per heavy atom. The van der Waals surface area contributed by atoms with Crippen molar-refractivity contribution in [1.29, 1.82) is 0 Å². The molecule has 1 aliphatic rings. The molecule has 1 aliphatic heterocycles. The highest BCUT2D eigenvalue weighted by atomic mass is 35.5. The first kappa shape index (κ1) is 13.8. The summed E-state index contributed by atoms with van der Waals surface area (Å²) in [5.41, 5.74) is 6.96. The summed E-state index contributed by atoms with van der Waals surface area (Å²) < 4.78 is 23.7. The van der Waals surface area contributed by atoms with Crippen molar-refractivity contribution in [2.75, 3.05) is 34.9 Å². The number of hydrogen-bond acceptors (Lipinski definition) is 5. The molecule has 0 aromatic heterocycles. The van der Waals surface area contributed by atoms with E-state index in [2.05, 4.69) is 0 Å². The minimum Gasteiger partial charge on any atom is -0.399 e. The standard InChI is InChI=1S/C11H15ClN2O2S2/c1-18(15,16)11-7-17-5-4-14(11)10-3-2-8(13)6-9(10)12/h2-3,6,11H,4-5,7,13H2,1H3. The van der Waals surface area contributed by atoms with E-state index in [1.165, 1.54) is 6.26 Å². The molecule has 0 spiro atoms. The van der Waals surface area contributed by atoms with Crippen LogP contribution < -0.4 is 10.6 Å². The molecular formula is C11H15ClN2O2S2. The molecule has 0 bridgehead atoms. The van der Waals surface area contributed by atoms with Gasteiger partial charge in [-0.25, -0.2) is 8.42 Å². The van der Waals surface area contributed by atoms with Gasteiger partial charge >= 0.3 is 0 Å². The molecule has 1 atom stereocenters. The van der Waals surface area contributed by atoms with E-state index in [4.69, 9.17) is 17.3 Å². The summed E-state index contributed by atoms with van der Waals surface area (Å²) >= 11 is 7.80. The van der Waals surface area contributed by atoms with Gasteiger partial charge < -0.3 is 10.6 Å². The van der Waals surface area contributed by atoms with Gasteiger partial charge in [0, 0.05) is 30.0 Å². The fraction of sp³-hybridized carbons (Fsp3) is 0.455. The topological polar surface area (TPSA) is 63.4 Å². The third-order valence-corrected chi connectivity index (χ3v) is 5.81. The first-order valence-electron chi connectivity index (χ1n) is 5.48. The molecule has 0 amide bonds. The van der Waals surface area contributed by atoms with E-state index in [1.54, 1.807) is 30.0 Å². The van der Waals surface area contributed by atoms with Crippen LogP contribution in [0.5, 0.6) is 0 Å². The van der Waals surface area contributed by atoms with Crippen molar-refractivity contribution < 1.29 is 8.42 Å². The van der Waals surface area contributed by atoms with Crippen LogP contribution in [0.4, 0.5) is 11.4 Å². The Morgan fingerprint density at radius 1 is 1.50 bits per heavy atom. The van der Waals surface area contributed by atoms with Crippen LogP contribution in [0.1, 0.15) is 0 Å². The first-order chi connectivity index (χ1) is 8.39. The van der Waals surface area contributed by atoms with Crippen molar-refractivity contribution in [3.8, 4) is 0 Å². The Balaban J connectivity index is 2.40. The van der Waals surface area contributed by atoms with Crippen LogP contribution in [-0.4, -0.2) is 38.1 Å². The molecular weight excluding hydrogens is 292 g/mol. The van der Waals surface area contributed by atoms with Crippen LogP contribution >= 0.6 is 23.4 Å². The molecule has 0 saturated carbocycles.